The van der Waals surface area contributed by atoms with Crippen molar-refractivity contribution in [1.29, 1.82) is 0 Å². The molecule has 4 N–H and O–H groups in total. The highest BCUT2D eigenvalue weighted by molar-refractivity contribution is 5.49. The van der Waals surface area contributed by atoms with Crippen molar-refractivity contribution >= 4 is 11.4 Å². The molecule has 0 saturated heterocycles. The second-order valence-electron chi connectivity index (χ2n) is 12.3. The quantitative estimate of drug-likeness (QED) is 0.195. The molecule has 1 saturated carbocycles. The van der Waals surface area contributed by atoms with E-state index < -0.39 is 0 Å². The van der Waals surface area contributed by atoms with E-state index in [1.165, 1.54) is 83.0 Å². The standard InChI is InChI=1S/C39H48N2/c1-4-7-28-20-22-39(23-21-28,35-14-12-33(31(5-2)26-35)24-29-8-16-37(40)17-9-29)36-15-13-34(32(6-3)27-36)25-30-10-18-38(41)19-11-30/h8-19,26-28H,4-7,20-25,40-41H2,1-3H3. The van der Waals surface area contributed by atoms with Crippen molar-refractivity contribution in [2.24, 2.45) is 5.92 Å². The Morgan fingerprint density at radius 3 is 1.41 bits per heavy atom. The predicted octanol–water partition coefficient (Wildman–Crippen LogP) is 9.43. The highest BCUT2D eigenvalue weighted by Gasteiger charge is 2.38. The van der Waals surface area contributed by atoms with E-state index in [0.29, 0.717) is 0 Å². The summed E-state index contributed by atoms with van der Waals surface area (Å²) < 4.78 is 0. The van der Waals surface area contributed by atoms with Gasteiger partial charge in [-0.2, -0.15) is 0 Å². The first kappa shape index (κ1) is 29.0. The molecule has 1 aliphatic carbocycles. The summed E-state index contributed by atoms with van der Waals surface area (Å²) in [6.07, 6.45) is 11.8. The molecule has 0 spiro atoms. The smallest absolute Gasteiger partial charge is 0.0314 e. The van der Waals surface area contributed by atoms with Crippen LogP contribution < -0.4 is 11.5 Å². The van der Waals surface area contributed by atoms with Crippen molar-refractivity contribution in [2.45, 2.75) is 90.4 Å². The van der Waals surface area contributed by atoms with Gasteiger partial charge in [0.1, 0.15) is 0 Å². The van der Waals surface area contributed by atoms with Gasteiger partial charge in [-0.1, -0.05) is 94.3 Å². The third-order valence-corrected chi connectivity index (χ3v) is 9.68. The first-order chi connectivity index (χ1) is 19.9. The fourth-order valence-corrected chi connectivity index (χ4v) is 7.17. The van der Waals surface area contributed by atoms with Gasteiger partial charge in [-0.05, 0) is 126 Å². The van der Waals surface area contributed by atoms with E-state index in [1.54, 1.807) is 0 Å². The molecule has 2 nitrogen and oxygen atoms in total. The number of hydrogen-bond donors (Lipinski definition) is 2. The van der Waals surface area contributed by atoms with E-state index >= 15 is 0 Å². The monoisotopic (exact) mass is 544 g/mol. The lowest BCUT2D eigenvalue weighted by atomic mass is 9.62. The average molecular weight is 545 g/mol. The van der Waals surface area contributed by atoms with E-state index in [-0.39, 0.29) is 5.41 Å². The zero-order chi connectivity index (χ0) is 28.8. The topological polar surface area (TPSA) is 52.0 Å². The molecule has 1 aliphatic rings. The Morgan fingerprint density at radius 2 is 1.02 bits per heavy atom. The van der Waals surface area contributed by atoms with Gasteiger partial charge in [0, 0.05) is 16.8 Å². The molecule has 5 rings (SSSR count). The van der Waals surface area contributed by atoms with Crippen LogP contribution in [0.2, 0.25) is 0 Å². The molecule has 1 fully saturated rings. The van der Waals surface area contributed by atoms with Gasteiger partial charge in [0.15, 0.2) is 0 Å². The third kappa shape index (κ3) is 6.53. The molecule has 0 unspecified atom stereocenters. The molecule has 0 heterocycles. The van der Waals surface area contributed by atoms with Crippen molar-refractivity contribution in [3.8, 4) is 0 Å². The van der Waals surface area contributed by atoms with Gasteiger partial charge in [-0.15, -0.1) is 0 Å². The fourth-order valence-electron chi connectivity index (χ4n) is 7.17. The second kappa shape index (κ2) is 13.0. The van der Waals surface area contributed by atoms with Gasteiger partial charge in [0.2, 0.25) is 0 Å². The highest BCUT2D eigenvalue weighted by atomic mass is 14.5. The fraction of sp³-hybridized carbons (Fsp3) is 0.385. The van der Waals surface area contributed by atoms with Crippen LogP contribution in [0.3, 0.4) is 0 Å². The first-order valence-electron chi connectivity index (χ1n) is 15.9. The van der Waals surface area contributed by atoms with Crippen LogP contribution in [0.15, 0.2) is 84.9 Å². The van der Waals surface area contributed by atoms with Crippen LogP contribution in [-0.2, 0) is 31.1 Å². The van der Waals surface area contributed by atoms with E-state index in [1.807, 2.05) is 24.3 Å². The van der Waals surface area contributed by atoms with Crippen LogP contribution in [0.25, 0.3) is 0 Å². The lowest BCUT2D eigenvalue weighted by Gasteiger charge is -2.42. The number of benzene rings is 4. The van der Waals surface area contributed by atoms with Crippen LogP contribution in [0.4, 0.5) is 11.4 Å². The van der Waals surface area contributed by atoms with Crippen molar-refractivity contribution in [3.05, 3.63) is 129 Å². The van der Waals surface area contributed by atoms with Crippen LogP contribution in [0, 0.1) is 5.92 Å². The summed E-state index contributed by atoms with van der Waals surface area (Å²) in [5, 5.41) is 0. The Bertz CT molecular complexity index is 1320. The summed E-state index contributed by atoms with van der Waals surface area (Å²) in [6, 6.07) is 31.6. The molecule has 0 bridgehead atoms. The van der Waals surface area contributed by atoms with Crippen LogP contribution >= 0.6 is 0 Å². The van der Waals surface area contributed by atoms with Crippen LogP contribution in [0.1, 0.15) is 104 Å². The summed E-state index contributed by atoms with van der Waals surface area (Å²) in [5.74, 6) is 0.860. The molecule has 4 aromatic carbocycles. The SMILES string of the molecule is CCCC1CCC(c2ccc(Cc3ccc(N)cc3)c(CC)c2)(c2ccc(Cc3ccc(N)cc3)c(CC)c2)CC1. The minimum absolute atomic E-state index is 0.0809. The zero-order valence-corrected chi connectivity index (χ0v) is 25.4. The van der Waals surface area contributed by atoms with Gasteiger partial charge in [0.25, 0.3) is 0 Å². The van der Waals surface area contributed by atoms with E-state index in [4.69, 9.17) is 11.5 Å². The van der Waals surface area contributed by atoms with Crippen LogP contribution in [0.5, 0.6) is 0 Å². The lowest BCUT2D eigenvalue weighted by molar-refractivity contribution is 0.253. The number of nitrogen functional groups attached to an aromatic ring is 2. The Labute approximate surface area is 248 Å². The number of anilines is 2. The zero-order valence-electron chi connectivity index (χ0n) is 25.4. The normalized spacial score (nSPS) is 15.2. The molecule has 0 amide bonds. The number of aryl methyl sites for hydroxylation is 2. The number of hydrogen-bond acceptors (Lipinski definition) is 2. The summed E-state index contributed by atoms with van der Waals surface area (Å²) in [4.78, 5) is 0. The highest BCUT2D eigenvalue weighted by Crippen LogP contribution is 2.48. The summed E-state index contributed by atoms with van der Waals surface area (Å²) in [6.45, 7) is 6.94. The third-order valence-electron chi connectivity index (χ3n) is 9.68. The van der Waals surface area contributed by atoms with Crippen molar-refractivity contribution in [2.75, 3.05) is 11.5 Å². The van der Waals surface area contributed by atoms with Crippen molar-refractivity contribution < 1.29 is 0 Å². The minimum Gasteiger partial charge on any atom is -0.399 e. The van der Waals surface area contributed by atoms with E-state index in [0.717, 1.165) is 43.0 Å². The van der Waals surface area contributed by atoms with Crippen molar-refractivity contribution in [1.82, 2.24) is 0 Å². The van der Waals surface area contributed by atoms with E-state index in [9.17, 15) is 0 Å². The van der Waals surface area contributed by atoms with Crippen molar-refractivity contribution in [3.63, 3.8) is 0 Å². The predicted molar refractivity (Wildman–Crippen MR) is 177 cm³/mol. The molecule has 214 valence electrons. The van der Waals surface area contributed by atoms with E-state index in [2.05, 4.69) is 81.4 Å². The molecule has 2 heteroatoms. The summed E-state index contributed by atoms with van der Waals surface area (Å²) in [5.41, 5.74) is 25.1. The molecule has 0 aliphatic heterocycles. The second-order valence-corrected chi connectivity index (χ2v) is 12.3. The van der Waals surface area contributed by atoms with Gasteiger partial charge in [-0.3, -0.25) is 0 Å². The molecular weight excluding hydrogens is 496 g/mol. The summed E-state index contributed by atoms with van der Waals surface area (Å²) >= 11 is 0. The lowest BCUT2D eigenvalue weighted by Crippen LogP contribution is -2.33. The molecule has 0 aromatic heterocycles. The minimum atomic E-state index is 0.0809. The average Bonchev–Trinajstić information content (AvgIpc) is 3.00. The molecule has 41 heavy (non-hydrogen) atoms. The Morgan fingerprint density at radius 1 is 0.585 bits per heavy atom. The number of nitrogens with two attached hydrogens (primary N) is 2. The molecule has 0 radical (unpaired) electrons. The maximum Gasteiger partial charge on any atom is 0.0314 e. The van der Waals surface area contributed by atoms with Gasteiger partial charge >= 0.3 is 0 Å². The molecule has 4 aromatic rings. The maximum atomic E-state index is 5.95. The number of rotatable bonds is 10. The van der Waals surface area contributed by atoms with Gasteiger partial charge in [-0.25, -0.2) is 0 Å². The van der Waals surface area contributed by atoms with Gasteiger partial charge < -0.3 is 11.5 Å². The van der Waals surface area contributed by atoms with Crippen LogP contribution in [-0.4, -0.2) is 0 Å². The molecule has 0 atom stereocenters. The maximum absolute atomic E-state index is 5.95. The van der Waals surface area contributed by atoms with Gasteiger partial charge in [0.05, 0.1) is 0 Å². The first-order valence-corrected chi connectivity index (χ1v) is 15.9. The Balaban J connectivity index is 1.51. The summed E-state index contributed by atoms with van der Waals surface area (Å²) in [7, 11) is 0. The largest absolute Gasteiger partial charge is 0.399 e. The Hall–Kier alpha value is -3.52. The molecular formula is C39H48N2. The Kier molecular flexibility index (Phi) is 9.18.